The van der Waals surface area contributed by atoms with Crippen LogP contribution in [-0.2, 0) is 0 Å². The average Bonchev–Trinajstić information content (AvgIpc) is 2.41. The summed E-state index contributed by atoms with van der Waals surface area (Å²) in [6.07, 6.45) is 1.65. The lowest BCUT2D eigenvalue weighted by atomic mass is 10.0. The van der Waals surface area contributed by atoms with Crippen LogP contribution in [-0.4, -0.2) is 5.11 Å². The second-order valence-corrected chi connectivity index (χ2v) is 6.68. The van der Waals surface area contributed by atoms with E-state index in [1.807, 2.05) is 6.07 Å². The van der Waals surface area contributed by atoms with E-state index in [1.54, 1.807) is 11.3 Å². The first-order chi connectivity index (χ1) is 6.50. The zero-order valence-electron chi connectivity index (χ0n) is 8.88. The number of hydrogen-bond donors (Lipinski definition) is 1. The van der Waals surface area contributed by atoms with Crippen LogP contribution in [0.5, 0.6) is 0 Å². The summed E-state index contributed by atoms with van der Waals surface area (Å²) in [6, 6.07) is 2.03. The van der Waals surface area contributed by atoms with Gasteiger partial charge in [-0.25, -0.2) is 0 Å². The third kappa shape index (κ3) is 3.37. The van der Waals surface area contributed by atoms with E-state index in [-0.39, 0.29) is 6.10 Å². The van der Waals surface area contributed by atoms with Crippen LogP contribution in [0.4, 0.5) is 0 Å². The fourth-order valence-electron chi connectivity index (χ4n) is 1.44. The molecule has 3 heteroatoms. The zero-order chi connectivity index (χ0) is 10.7. The molecule has 0 aliphatic carbocycles. The molecule has 0 aromatic carbocycles. The molecule has 0 saturated carbocycles. The van der Waals surface area contributed by atoms with Gasteiger partial charge in [-0.15, -0.1) is 11.3 Å². The Morgan fingerprint density at radius 3 is 2.50 bits per heavy atom. The summed E-state index contributed by atoms with van der Waals surface area (Å²) in [5, 5.41) is 9.95. The zero-order valence-corrected chi connectivity index (χ0v) is 11.3. The van der Waals surface area contributed by atoms with Gasteiger partial charge in [-0.05, 0) is 53.2 Å². The molecular weight excluding hydrogens is 260 g/mol. The molecule has 0 radical (unpaired) electrons. The highest BCUT2D eigenvalue weighted by Gasteiger charge is 2.13. The second-order valence-electron chi connectivity index (χ2n) is 4.05. The second kappa shape index (κ2) is 5.29. The standard InChI is InChI=1S/C11H17BrOS/c1-7(2)4-5-10(13)9-6-11(12)14-8(9)3/h6-7,10,13H,4-5H2,1-3H3. The maximum Gasteiger partial charge on any atom is 0.0801 e. The Morgan fingerprint density at radius 1 is 1.43 bits per heavy atom. The lowest BCUT2D eigenvalue weighted by Crippen LogP contribution is -1.99. The van der Waals surface area contributed by atoms with Gasteiger partial charge in [0.2, 0.25) is 0 Å². The van der Waals surface area contributed by atoms with E-state index in [0.717, 1.165) is 22.2 Å². The van der Waals surface area contributed by atoms with E-state index in [0.29, 0.717) is 5.92 Å². The Balaban J connectivity index is 2.60. The predicted molar refractivity (Wildman–Crippen MR) is 65.8 cm³/mol. The number of aryl methyl sites for hydroxylation is 1. The quantitative estimate of drug-likeness (QED) is 0.870. The summed E-state index contributed by atoms with van der Waals surface area (Å²) in [7, 11) is 0. The fourth-order valence-corrected chi connectivity index (χ4v) is 3.20. The molecule has 1 rings (SSSR count). The molecule has 0 bridgehead atoms. The minimum atomic E-state index is -0.292. The van der Waals surface area contributed by atoms with Gasteiger partial charge in [-0.1, -0.05) is 13.8 Å². The summed E-state index contributed by atoms with van der Waals surface area (Å²) < 4.78 is 1.11. The molecule has 0 aliphatic rings. The van der Waals surface area contributed by atoms with Crippen molar-refractivity contribution in [1.29, 1.82) is 0 Å². The number of aliphatic hydroxyl groups is 1. The first-order valence-electron chi connectivity index (χ1n) is 4.94. The molecule has 1 unspecified atom stereocenters. The van der Waals surface area contributed by atoms with Crippen LogP contribution in [0, 0.1) is 12.8 Å². The molecule has 1 heterocycles. The van der Waals surface area contributed by atoms with Gasteiger partial charge >= 0.3 is 0 Å². The van der Waals surface area contributed by atoms with Gasteiger partial charge in [0.1, 0.15) is 0 Å². The molecule has 0 aliphatic heterocycles. The number of rotatable bonds is 4. The van der Waals surface area contributed by atoms with Crippen LogP contribution in [0.1, 0.15) is 43.2 Å². The third-order valence-electron chi connectivity index (χ3n) is 2.30. The van der Waals surface area contributed by atoms with Crippen LogP contribution in [0.15, 0.2) is 9.85 Å². The van der Waals surface area contributed by atoms with Crippen LogP contribution in [0.3, 0.4) is 0 Å². The van der Waals surface area contributed by atoms with Crippen molar-refractivity contribution >= 4 is 27.3 Å². The van der Waals surface area contributed by atoms with E-state index in [9.17, 15) is 5.11 Å². The van der Waals surface area contributed by atoms with Crippen molar-refractivity contribution in [3.05, 3.63) is 20.3 Å². The lowest BCUT2D eigenvalue weighted by molar-refractivity contribution is 0.159. The van der Waals surface area contributed by atoms with Crippen molar-refractivity contribution in [1.82, 2.24) is 0 Å². The van der Waals surface area contributed by atoms with Gasteiger partial charge < -0.3 is 5.11 Å². The Bertz CT molecular complexity index is 293. The summed E-state index contributed by atoms with van der Waals surface area (Å²) >= 11 is 5.13. The lowest BCUT2D eigenvalue weighted by Gasteiger charge is -2.11. The molecular formula is C11H17BrOS. The number of thiophene rings is 1. The summed E-state index contributed by atoms with van der Waals surface area (Å²) in [6.45, 7) is 6.43. The highest BCUT2D eigenvalue weighted by molar-refractivity contribution is 9.11. The molecule has 0 spiro atoms. The van der Waals surface area contributed by atoms with Gasteiger partial charge in [0.15, 0.2) is 0 Å². The van der Waals surface area contributed by atoms with E-state index in [2.05, 4.69) is 36.7 Å². The van der Waals surface area contributed by atoms with Crippen LogP contribution in [0.25, 0.3) is 0 Å². The molecule has 1 atom stereocenters. The topological polar surface area (TPSA) is 20.2 Å². The minimum Gasteiger partial charge on any atom is -0.388 e. The molecule has 1 nitrogen and oxygen atoms in total. The maximum absolute atomic E-state index is 9.95. The van der Waals surface area contributed by atoms with Crippen molar-refractivity contribution < 1.29 is 5.11 Å². The van der Waals surface area contributed by atoms with Crippen LogP contribution < -0.4 is 0 Å². The molecule has 14 heavy (non-hydrogen) atoms. The van der Waals surface area contributed by atoms with Crippen molar-refractivity contribution in [2.45, 2.75) is 39.7 Å². The molecule has 0 amide bonds. The molecule has 0 fully saturated rings. The van der Waals surface area contributed by atoms with Crippen LogP contribution >= 0.6 is 27.3 Å². The highest BCUT2D eigenvalue weighted by atomic mass is 79.9. The number of hydrogen-bond acceptors (Lipinski definition) is 2. The normalized spacial score (nSPS) is 13.6. The predicted octanol–water partition coefficient (Wildman–Crippen LogP) is 4.29. The molecule has 1 aromatic heterocycles. The van der Waals surface area contributed by atoms with Crippen molar-refractivity contribution in [3.8, 4) is 0 Å². The summed E-state index contributed by atoms with van der Waals surface area (Å²) in [4.78, 5) is 1.22. The van der Waals surface area contributed by atoms with Gasteiger partial charge in [-0.3, -0.25) is 0 Å². The molecule has 0 saturated heterocycles. The van der Waals surface area contributed by atoms with Gasteiger partial charge in [0, 0.05) is 4.88 Å². The number of aliphatic hydroxyl groups excluding tert-OH is 1. The largest absolute Gasteiger partial charge is 0.388 e. The fraction of sp³-hybridized carbons (Fsp3) is 0.636. The molecule has 1 N–H and O–H groups in total. The first kappa shape index (κ1) is 12.2. The van der Waals surface area contributed by atoms with Crippen LogP contribution in [0.2, 0.25) is 0 Å². The summed E-state index contributed by atoms with van der Waals surface area (Å²) in [5.41, 5.74) is 1.09. The van der Waals surface area contributed by atoms with E-state index in [4.69, 9.17) is 0 Å². The third-order valence-corrected chi connectivity index (χ3v) is 3.87. The monoisotopic (exact) mass is 276 g/mol. The Hall–Kier alpha value is 0.140. The maximum atomic E-state index is 9.95. The van der Waals surface area contributed by atoms with E-state index < -0.39 is 0 Å². The van der Waals surface area contributed by atoms with E-state index in [1.165, 1.54) is 4.88 Å². The number of halogens is 1. The van der Waals surface area contributed by atoms with Crippen molar-refractivity contribution in [3.63, 3.8) is 0 Å². The SMILES string of the molecule is Cc1sc(Br)cc1C(O)CCC(C)C. The Kier molecular flexibility index (Phi) is 4.61. The van der Waals surface area contributed by atoms with Crippen molar-refractivity contribution in [2.75, 3.05) is 0 Å². The van der Waals surface area contributed by atoms with Gasteiger partial charge in [0.25, 0.3) is 0 Å². The Labute approximate surface area is 98.3 Å². The summed E-state index contributed by atoms with van der Waals surface area (Å²) in [5.74, 6) is 0.659. The highest BCUT2D eigenvalue weighted by Crippen LogP contribution is 2.32. The smallest absolute Gasteiger partial charge is 0.0801 e. The van der Waals surface area contributed by atoms with Crippen molar-refractivity contribution in [2.24, 2.45) is 5.92 Å². The molecule has 80 valence electrons. The minimum absolute atomic E-state index is 0.292. The molecule has 1 aromatic rings. The average molecular weight is 277 g/mol. The van der Waals surface area contributed by atoms with Gasteiger partial charge in [-0.2, -0.15) is 0 Å². The van der Waals surface area contributed by atoms with Gasteiger partial charge in [0.05, 0.1) is 9.89 Å². The van der Waals surface area contributed by atoms with E-state index >= 15 is 0 Å². The first-order valence-corrected chi connectivity index (χ1v) is 6.55. The Morgan fingerprint density at radius 2 is 2.07 bits per heavy atom.